The van der Waals surface area contributed by atoms with Crippen LogP contribution in [0, 0.1) is 0 Å². The van der Waals surface area contributed by atoms with E-state index in [9.17, 15) is 15.1 Å². The van der Waals surface area contributed by atoms with Crippen molar-refractivity contribution in [3.63, 3.8) is 0 Å². The second-order valence-electron chi connectivity index (χ2n) is 16.0. The van der Waals surface area contributed by atoms with Gasteiger partial charge in [0.1, 0.15) is 23.8 Å². The molecule has 0 amide bonds. The van der Waals surface area contributed by atoms with Crippen molar-refractivity contribution in [3.8, 4) is 11.3 Å². The van der Waals surface area contributed by atoms with Crippen LogP contribution in [0.3, 0.4) is 0 Å². The van der Waals surface area contributed by atoms with Gasteiger partial charge in [0.05, 0.1) is 6.33 Å². The van der Waals surface area contributed by atoms with Crippen LogP contribution in [0.2, 0.25) is 16.9 Å². The number of benzene rings is 4. The summed E-state index contributed by atoms with van der Waals surface area (Å²) >= 11 is 12.3. The zero-order valence-corrected chi connectivity index (χ0v) is 34.9. The number of nitrogens with zero attached hydrogens (tertiary/aromatic N) is 5. The highest BCUT2D eigenvalue weighted by molar-refractivity contribution is 6.58. The van der Waals surface area contributed by atoms with E-state index in [1.54, 1.807) is 18.5 Å². The fraction of sp³-hybridized carbons (Fsp3) is 0.356. The van der Waals surface area contributed by atoms with E-state index in [0.717, 1.165) is 110 Å². The van der Waals surface area contributed by atoms with E-state index in [4.69, 9.17) is 32.9 Å². The van der Waals surface area contributed by atoms with E-state index in [0.29, 0.717) is 5.46 Å². The van der Waals surface area contributed by atoms with Crippen LogP contribution in [0.25, 0.3) is 22.4 Å². The number of hydrogen-bond donors (Lipinski definition) is 4. The number of piperidine rings is 2. The molecule has 3 aliphatic rings. The monoisotopic (exact) mass is 830 g/mol. The van der Waals surface area contributed by atoms with E-state index < -0.39 is 14.2 Å². The van der Waals surface area contributed by atoms with Crippen LogP contribution in [0.15, 0.2) is 110 Å². The molecule has 3 fully saturated rings. The molecule has 9 rings (SSSR count). The third kappa shape index (κ3) is 8.74. The lowest BCUT2D eigenvalue weighted by molar-refractivity contribution is -0.0298. The second kappa shape index (κ2) is 18.3. The largest absolute Gasteiger partial charge is 0.488 e. The molecule has 0 radical (unpaired) electrons. The van der Waals surface area contributed by atoms with Gasteiger partial charge in [0.15, 0.2) is 5.65 Å². The van der Waals surface area contributed by atoms with Gasteiger partial charge >= 0.3 is 14.2 Å². The van der Waals surface area contributed by atoms with Crippen LogP contribution in [-0.2, 0) is 15.6 Å². The number of hydrogen-bond acceptors (Lipinski definition) is 9. The van der Waals surface area contributed by atoms with Gasteiger partial charge in [-0.1, -0.05) is 96.0 Å². The quantitative estimate of drug-likeness (QED) is 0.120. The number of halogens is 2. The Morgan fingerprint density at radius 1 is 0.695 bits per heavy atom. The van der Waals surface area contributed by atoms with Crippen molar-refractivity contribution in [1.82, 2.24) is 29.6 Å². The van der Waals surface area contributed by atoms with Crippen molar-refractivity contribution >= 4 is 54.0 Å². The lowest BCUT2D eigenvalue weighted by Gasteiger charge is -2.43. The van der Waals surface area contributed by atoms with Crippen LogP contribution >= 0.6 is 23.2 Å². The van der Waals surface area contributed by atoms with Gasteiger partial charge in [0.2, 0.25) is 0 Å². The molecule has 14 heteroatoms. The summed E-state index contributed by atoms with van der Waals surface area (Å²) in [5, 5.41) is 33.6. The Labute approximate surface area is 356 Å². The fourth-order valence-corrected chi connectivity index (χ4v) is 9.55. The highest BCUT2D eigenvalue weighted by Crippen LogP contribution is 2.43. The minimum Gasteiger partial charge on any atom is -0.437 e. The second-order valence-corrected chi connectivity index (χ2v) is 16.9. The average molecular weight is 831 g/mol. The maximum absolute atomic E-state index is 10.1. The van der Waals surface area contributed by atoms with E-state index in [2.05, 4.69) is 68.6 Å². The summed E-state index contributed by atoms with van der Waals surface area (Å²) in [6, 6.07) is 32.6. The number of rotatable bonds is 8. The zero-order valence-electron chi connectivity index (χ0n) is 33.4. The molecule has 3 aliphatic heterocycles. The summed E-state index contributed by atoms with van der Waals surface area (Å²) in [6.07, 6.45) is 10.5. The lowest BCUT2D eigenvalue weighted by atomic mass is 9.66. The molecule has 1 unspecified atom stereocenters. The Morgan fingerprint density at radius 3 is 1.76 bits per heavy atom. The normalized spacial score (nSPS) is 19.1. The first-order chi connectivity index (χ1) is 28.7. The standard InChI is InChI=1S/C28H31BClN5O2.C17H19BClNO2/c1-29(36)34-15-13-28(14-16-34,22-9-11-23(30)12-10-22)21-7-5-20(6-8-21)25-26-27(32-18-31-25)35(19-33-26)24-4-2-3-17-37-24;19-16-7-3-14(4-8-16)17(9-11-20-12-10-17)13-1-5-15(6-2-13)18(21)22/h5-12,18-19,24,36H,2-4,13-17H2,1H3;1-8,20-22H,9-12H2. The van der Waals surface area contributed by atoms with Crippen molar-refractivity contribution in [1.29, 1.82) is 0 Å². The lowest BCUT2D eigenvalue weighted by Crippen LogP contribution is -2.48. The molecule has 0 bridgehead atoms. The van der Waals surface area contributed by atoms with Gasteiger partial charge in [0.25, 0.3) is 0 Å². The van der Waals surface area contributed by atoms with Gasteiger partial charge < -0.3 is 29.9 Å². The van der Waals surface area contributed by atoms with Crippen LogP contribution in [0.1, 0.15) is 73.4 Å². The highest BCUT2D eigenvalue weighted by Gasteiger charge is 2.39. The zero-order chi connectivity index (χ0) is 41.0. The first-order valence-corrected chi connectivity index (χ1v) is 21.4. The predicted molar refractivity (Wildman–Crippen MR) is 237 cm³/mol. The van der Waals surface area contributed by atoms with Crippen molar-refractivity contribution < 1.29 is 19.8 Å². The number of aromatic nitrogens is 4. The molecule has 59 heavy (non-hydrogen) atoms. The summed E-state index contributed by atoms with van der Waals surface area (Å²) in [5.74, 6) is 0. The molecule has 4 aromatic carbocycles. The Balaban J connectivity index is 0.000000188. The van der Waals surface area contributed by atoms with Gasteiger partial charge in [-0.2, -0.15) is 0 Å². The minimum absolute atomic E-state index is 0.0179. The smallest absolute Gasteiger partial charge is 0.437 e. The van der Waals surface area contributed by atoms with Gasteiger partial charge in [-0.25, -0.2) is 15.0 Å². The fourth-order valence-electron chi connectivity index (χ4n) is 9.30. The summed E-state index contributed by atoms with van der Waals surface area (Å²) in [5.41, 5.74) is 8.76. The molecule has 6 aromatic rings. The summed E-state index contributed by atoms with van der Waals surface area (Å²) in [7, 11) is -1.86. The van der Waals surface area contributed by atoms with Gasteiger partial charge in [-0.3, -0.25) is 4.57 Å². The van der Waals surface area contributed by atoms with Crippen molar-refractivity contribution in [2.75, 3.05) is 32.8 Å². The molecule has 4 N–H and O–H groups in total. The minimum atomic E-state index is -1.42. The highest BCUT2D eigenvalue weighted by atomic mass is 35.5. The van der Waals surface area contributed by atoms with E-state index in [-0.39, 0.29) is 17.1 Å². The SMILES string of the molecule is CB(O)N1CCC(c2ccc(Cl)cc2)(c2ccc(-c3ncnc4c3ncn4C3CCCCO3)cc2)CC1.OB(O)c1ccc(C2(c3ccc(Cl)cc3)CCNCC2)cc1. The molecular formula is C45H50B2Cl2N6O4. The summed E-state index contributed by atoms with van der Waals surface area (Å²) < 4.78 is 8.02. The van der Waals surface area contributed by atoms with Gasteiger partial charge in [-0.05, 0) is 130 Å². The van der Waals surface area contributed by atoms with Crippen LogP contribution in [0.4, 0.5) is 0 Å². The van der Waals surface area contributed by atoms with Crippen molar-refractivity contribution in [2.24, 2.45) is 0 Å². The van der Waals surface area contributed by atoms with Crippen LogP contribution in [-0.4, -0.2) is 86.4 Å². The molecule has 5 heterocycles. The maximum atomic E-state index is 10.1. The Hall–Kier alpha value is -4.10. The molecule has 0 saturated carbocycles. The Kier molecular flexibility index (Phi) is 12.9. The van der Waals surface area contributed by atoms with Crippen LogP contribution in [0.5, 0.6) is 0 Å². The van der Waals surface area contributed by atoms with Crippen molar-refractivity contribution in [2.45, 2.75) is 68.8 Å². The summed E-state index contributed by atoms with van der Waals surface area (Å²) in [6.45, 7) is 6.20. The number of imidazole rings is 1. The molecule has 2 aromatic heterocycles. The first-order valence-electron chi connectivity index (χ1n) is 20.7. The molecule has 3 saturated heterocycles. The number of fused-ring (bicyclic) bond motifs is 1. The number of ether oxygens (including phenoxy) is 1. The molecule has 1 atom stereocenters. The van der Waals surface area contributed by atoms with E-state index in [1.807, 2.05) is 54.1 Å². The Morgan fingerprint density at radius 2 is 1.24 bits per heavy atom. The van der Waals surface area contributed by atoms with Crippen LogP contribution < -0.4 is 10.8 Å². The average Bonchev–Trinajstić information content (AvgIpc) is 3.72. The molecule has 10 nitrogen and oxygen atoms in total. The third-order valence-electron chi connectivity index (χ3n) is 12.7. The molecule has 304 valence electrons. The van der Waals surface area contributed by atoms with E-state index in [1.165, 1.54) is 22.3 Å². The molecule has 0 aliphatic carbocycles. The topological polar surface area (TPSA) is 129 Å². The Bertz CT molecular complexity index is 2290. The first kappa shape index (κ1) is 41.6. The predicted octanol–water partition coefficient (Wildman–Crippen LogP) is 7.03. The number of nitrogens with one attached hydrogen (secondary N) is 1. The maximum Gasteiger partial charge on any atom is 0.488 e. The van der Waals surface area contributed by atoms with E-state index >= 15 is 0 Å². The van der Waals surface area contributed by atoms with Gasteiger partial charge in [-0.15, -0.1) is 0 Å². The molecule has 0 spiro atoms. The summed E-state index contributed by atoms with van der Waals surface area (Å²) in [4.78, 5) is 16.0. The van der Waals surface area contributed by atoms with Gasteiger partial charge in [0, 0.05) is 33.0 Å². The van der Waals surface area contributed by atoms with Crippen molar-refractivity contribution in [3.05, 3.63) is 142 Å². The molecular weight excluding hydrogens is 781 g/mol. The third-order valence-corrected chi connectivity index (χ3v) is 13.2.